The fraction of sp³-hybridized carbons (Fsp3) is 0.294. The summed E-state index contributed by atoms with van der Waals surface area (Å²) in [5.74, 6) is 0.327. The van der Waals surface area contributed by atoms with Crippen molar-refractivity contribution in [3.63, 3.8) is 0 Å². The van der Waals surface area contributed by atoms with Gasteiger partial charge in [0.25, 0.3) is 0 Å². The summed E-state index contributed by atoms with van der Waals surface area (Å²) < 4.78 is 19.1. The number of rotatable bonds is 7. The average molecular weight is 352 g/mol. The molecule has 4 heteroatoms. The quantitative estimate of drug-likeness (QED) is 0.692. The van der Waals surface area contributed by atoms with Crippen molar-refractivity contribution < 1.29 is 9.13 Å². The van der Waals surface area contributed by atoms with Crippen LogP contribution in [0.25, 0.3) is 0 Å². The van der Waals surface area contributed by atoms with Crippen LogP contribution in [0.2, 0.25) is 0 Å². The maximum absolute atomic E-state index is 14.1. The summed E-state index contributed by atoms with van der Waals surface area (Å²) in [6, 6.07) is 15.3. The fourth-order valence-electron chi connectivity index (χ4n) is 2.20. The summed E-state index contributed by atoms with van der Waals surface area (Å²) in [6.45, 7) is 2.24. The second-order valence-corrected chi connectivity index (χ2v) is 5.64. The van der Waals surface area contributed by atoms with Crippen LogP contribution in [0.15, 0.2) is 48.5 Å². The standard InChI is InChI=1S/C17H19BrFNO/c1-21-16-8-7-15(17(19)11-16)13-20(10-9-18)12-14-5-3-2-4-6-14/h2-8,11H,9-10,12-13H2,1H3. The molecule has 0 aliphatic carbocycles. The molecule has 0 saturated carbocycles. The Morgan fingerprint density at radius 3 is 2.48 bits per heavy atom. The van der Waals surface area contributed by atoms with E-state index in [4.69, 9.17) is 4.74 Å². The molecular weight excluding hydrogens is 333 g/mol. The molecule has 0 heterocycles. The number of benzene rings is 2. The Balaban J connectivity index is 2.09. The minimum Gasteiger partial charge on any atom is -0.497 e. The minimum absolute atomic E-state index is 0.220. The van der Waals surface area contributed by atoms with E-state index in [-0.39, 0.29) is 5.82 Å². The number of methoxy groups -OCH3 is 1. The number of alkyl halides is 1. The molecule has 0 atom stereocenters. The highest BCUT2D eigenvalue weighted by Crippen LogP contribution is 2.18. The van der Waals surface area contributed by atoms with Crippen LogP contribution < -0.4 is 4.74 Å². The lowest BCUT2D eigenvalue weighted by Gasteiger charge is -2.22. The number of ether oxygens (including phenoxy) is 1. The molecule has 0 aromatic heterocycles. The van der Waals surface area contributed by atoms with Crippen LogP contribution in [0.1, 0.15) is 11.1 Å². The lowest BCUT2D eigenvalue weighted by molar-refractivity contribution is 0.270. The molecule has 0 aliphatic heterocycles. The van der Waals surface area contributed by atoms with Crippen molar-refractivity contribution >= 4 is 15.9 Å². The third kappa shape index (κ3) is 4.83. The van der Waals surface area contributed by atoms with Crippen molar-refractivity contribution in [2.75, 3.05) is 19.0 Å². The fourth-order valence-corrected chi connectivity index (χ4v) is 2.70. The number of hydrogen-bond donors (Lipinski definition) is 0. The highest BCUT2D eigenvalue weighted by Gasteiger charge is 2.10. The molecule has 2 aromatic carbocycles. The van der Waals surface area contributed by atoms with Crippen LogP contribution in [-0.4, -0.2) is 23.9 Å². The van der Waals surface area contributed by atoms with Crippen molar-refractivity contribution in [1.29, 1.82) is 0 Å². The molecule has 112 valence electrons. The van der Waals surface area contributed by atoms with Gasteiger partial charge in [-0.25, -0.2) is 4.39 Å². The van der Waals surface area contributed by atoms with Crippen molar-refractivity contribution in [3.05, 3.63) is 65.5 Å². The molecular formula is C17H19BrFNO. The molecule has 0 radical (unpaired) electrons. The number of hydrogen-bond acceptors (Lipinski definition) is 2. The van der Waals surface area contributed by atoms with Crippen LogP contribution >= 0.6 is 15.9 Å². The Kier molecular flexibility index (Phi) is 6.21. The van der Waals surface area contributed by atoms with Gasteiger partial charge in [0.15, 0.2) is 0 Å². The van der Waals surface area contributed by atoms with E-state index in [2.05, 4.69) is 33.0 Å². The zero-order valence-electron chi connectivity index (χ0n) is 12.1. The maximum atomic E-state index is 14.1. The third-order valence-electron chi connectivity index (χ3n) is 3.30. The zero-order chi connectivity index (χ0) is 15.1. The van der Waals surface area contributed by atoms with Gasteiger partial charge in [-0.15, -0.1) is 0 Å². The van der Waals surface area contributed by atoms with Gasteiger partial charge < -0.3 is 4.74 Å². The first kappa shape index (κ1) is 16.0. The van der Waals surface area contributed by atoms with Gasteiger partial charge in [0.1, 0.15) is 11.6 Å². The SMILES string of the molecule is COc1ccc(CN(CCBr)Cc2ccccc2)c(F)c1. The second kappa shape index (κ2) is 8.15. The van der Waals surface area contributed by atoms with E-state index >= 15 is 0 Å². The zero-order valence-corrected chi connectivity index (χ0v) is 13.6. The first-order chi connectivity index (χ1) is 10.2. The lowest BCUT2D eigenvalue weighted by Crippen LogP contribution is -2.25. The first-order valence-corrected chi connectivity index (χ1v) is 7.99. The van der Waals surface area contributed by atoms with E-state index < -0.39 is 0 Å². The second-order valence-electron chi connectivity index (χ2n) is 4.84. The van der Waals surface area contributed by atoms with Crippen molar-refractivity contribution in [2.24, 2.45) is 0 Å². The van der Waals surface area contributed by atoms with E-state index in [1.807, 2.05) is 18.2 Å². The monoisotopic (exact) mass is 351 g/mol. The summed E-state index contributed by atoms with van der Waals surface area (Å²) >= 11 is 3.46. The molecule has 0 amide bonds. The molecule has 0 fully saturated rings. The summed E-state index contributed by atoms with van der Waals surface area (Å²) in [5.41, 5.74) is 1.92. The molecule has 2 nitrogen and oxygen atoms in total. The molecule has 2 rings (SSSR count). The Labute approximate surface area is 133 Å². The smallest absolute Gasteiger partial charge is 0.131 e. The number of nitrogens with zero attached hydrogens (tertiary/aromatic N) is 1. The van der Waals surface area contributed by atoms with E-state index in [1.54, 1.807) is 19.2 Å². The van der Waals surface area contributed by atoms with E-state index in [1.165, 1.54) is 11.6 Å². The van der Waals surface area contributed by atoms with Gasteiger partial charge in [-0.1, -0.05) is 52.3 Å². The Bertz CT molecular complexity index is 562. The van der Waals surface area contributed by atoms with Crippen molar-refractivity contribution in [2.45, 2.75) is 13.1 Å². The van der Waals surface area contributed by atoms with E-state index in [0.29, 0.717) is 17.9 Å². The highest BCUT2D eigenvalue weighted by atomic mass is 79.9. The minimum atomic E-state index is -0.220. The topological polar surface area (TPSA) is 12.5 Å². The Morgan fingerprint density at radius 2 is 1.86 bits per heavy atom. The van der Waals surface area contributed by atoms with E-state index in [9.17, 15) is 4.39 Å². The molecule has 0 unspecified atom stereocenters. The van der Waals surface area contributed by atoms with Gasteiger partial charge in [-0.2, -0.15) is 0 Å². The number of halogens is 2. The normalized spacial score (nSPS) is 10.9. The summed E-state index contributed by atoms with van der Waals surface area (Å²) in [5, 5.41) is 0.859. The summed E-state index contributed by atoms with van der Waals surface area (Å²) in [4.78, 5) is 2.22. The van der Waals surface area contributed by atoms with Crippen LogP contribution in [0, 0.1) is 5.82 Å². The van der Waals surface area contributed by atoms with Crippen LogP contribution in [0.4, 0.5) is 4.39 Å². The lowest BCUT2D eigenvalue weighted by atomic mass is 10.1. The molecule has 0 spiro atoms. The van der Waals surface area contributed by atoms with Gasteiger partial charge in [0.05, 0.1) is 7.11 Å². The van der Waals surface area contributed by atoms with Crippen LogP contribution in [0.5, 0.6) is 5.75 Å². The summed E-state index contributed by atoms with van der Waals surface area (Å²) in [7, 11) is 1.54. The molecule has 0 aliphatic rings. The molecule has 0 bridgehead atoms. The maximum Gasteiger partial charge on any atom is 0.131 e. The van der Waals surface area contributed by atoms with Gasteiger partial charge >= 0.3 is 0 Å². The van der Waals surface area contributed by atoms with Crippen LogP contribution in [0.3, 0.4) is 0 Å². The van der Waals surface area contributed by atoms with Crippen molar-refractivity contribution in [3.8, 4) is 5.75 Å². The van der Waals surface area contributed by atoms with Gasteiger partial charge in [-0.05, 0) is 11.6 Å². The van der Waals surface area contributed by atoms with E-state index in [0.717, 1.165) is 18.4 Å². The Morgan fingerprint density at radius 1 is 1.10 bits per heavy atom. The highest BCUT2D eigenvalue weighted by molar-refractivity contribution is 9.09. The molecule has 2 aromatic rings. The van der Waals surface area contributed by atoms with Gasteiger partial charge in [-0.3, -0.25) is 4.90 Å². The first-order valence-electron chi connectivity index (χ1n) is 6.87. The van der Waals surface area contributed by atoms with Crippen LogP contribution in [-0.2, 0) is 13.1 Å². The molecule has 0 N–H and O–H groups in total. The third-order valence-corrected chi connectivity index (χ3v) is 3.66. The largest absolute Gasteiger partial charge is 0.497 e. The van der Waals surface area contributed by atoms with Gasteiger partial charge in [0, 0.05) is 36.6 Å². The average Bonchev–Trinajstić information content (AvgIpc) is 2.50. The molecule has 21 heavy (non-hydrogen) atoms. The predicted octanol–water partition coefficient (Wildman–Crippen LogP) is 4.23. The van der Waals surface area contributed by atoms with Crippen molar-refractivity contribution in [1.82, 2.24) is 4.90 Å². The molecule has 0 saturated heterocycles. The summed E-state index contributed by atoms with van der Waals surface area (Å²) in [6.07, 6.45) is 0. The predicted molar refractivity (Wildman–Crippen MR) is 87.3 cm³/mol. The van der Waals surface area contributed by atoms with Gasteiger partial charge in [0.2, 0.25) is 0 Å². The Hall–Kier alpha value is -1.39.